The lowest BCUT2D eigenvalue weighted by molar-refractivity contribution is 0.372. The van der Waals surface area contributed by atoms with E-state index in [4.69, 9.17) is 4.52 Å². The number of nitrogens with one attached hydrogen (secondary N) is 2. The Morgan fingerprint density at radius 1 is 1.27 bits per heavy atom. The van der Waals surface area contributed by atoms with Gasteiger partial charge in [0.25, 0.3) is 0 Å². The van der Waals surface area contributed by atoms with Crippen molar-refractivity contribution in [1.82, 2.24) is 15.8 Å². The smallest absolute Gasteiger partial charge is 0.191 e. The second kappa shape index (κ2) is 7.98. The maximum absolute atomic E-state index is 5.31. The maximum atomic E-state index is 5.31. The van der Waals surface area contributed by atoms with Crippen molar-refractivity contribution in [2.45, 2.75) is 46.2 Å². The molecule has 0 aliphatic rings. The third-order valence-corrected chi connectivity index (χ3v) is 4.55. The normalized spacial score (nSPS) is 12.0. The number of aromatic nitrogens is 1. The van der Waals surface area contributed by atoms with Crippen molar-refractivity contribution in [2.24, 2.45) is 4.99 Å². The highest BCUT2D eigenvalue weighted by molar-refractivity contribution is 7.11. The number of nitrogens with zero attached hydrogens (tertiary/aromatic N) is 2. The van der Waals surface area contributed by atoms with Crippen LogP contribution in [-0.2, 0) is 19.5 Å². The molecule has 5 nitrogen and oxygen atoms in total. The van der Waals surface area contributed by atoms with Crippen molar-refractivity contribution in [1.29, 1.82) is 0 Å². The van der Waals surface area contributed by atoms with Crippen LogP contribution >= 0.6 is 11.3 Å². The molecule has 2 aromatic rings. The number of aliphatic imine (C=N–C) groups is 1. The number of aryl methyl sites for hydroxylation is 1. The van der Waals surface area contributed by atoms with E-state index >= 15 is 0 Å². The zero-order chi connectivity index (χ0) is 15.9. The summed E-state index contributed by atoms with van der Waals surface area (Å²) in [5.74, 6) is 1.95. The van der Waals surface area contributed by atoms with Crippen molar-refractivity contribution in [3.63, 3.8) is 0 Å². The molecular formula is C16H24N4OS. The molecule has 0 radical (unpaired) electrons. The molecule has 0 aliphatic heterocycles. The highest BCUT2D eigenvalue weighted by Crippen LogP contribution is 2.16. The second-order valence-corrected chi connectivity index (χ2v) is 6.63. The minimum atomic E-state index is 0.376. The van der Waals surface area contributed by atoms with Gasteiger partial charge in [-0.15, -0.1) is 11.3 Å². The van der Waals surface area contributed by atoms with E-state index in [1.807, 2.05) is 17.4 Å². The zero-order valence-electron chi connectivity index (χ0n) is 13.6. The summed E-state index contributed by atoms with van der Waals surface area (Å²) in [6.45, 7) is 7.72. The predicted octanol–water partition coefficient (Wildman–Crippen LogP) is 3.29. The van der Waals surface area contributed by atoms with Crippen LogP contribution in [0.25, 0.3) is 0 Å². The largest absolute Gasteiger partial charge is 0.359 e. The summed E-state index contributed by atoms with van der Waals surface area (Å²) in [4.78, 5) is 6.94. The van der Waals surface area contributed by atoms with Crippen LogP contribution in [0.4, 0.5) is 0 Å². The third-order valence-electron chi connectivity index (χ3n) is 3.32. The molecule has 22 heavy (non-hydrogen) atoms. The quantitative estimate of drug-likeness (QED) is 0.633. The first-order valence-electron chi connectivity index (χ1n) is 7.60. The van der Waals surface area contributed by atoms with E-state index in [1.54, 1.807) is 7.05 Å². The van der Waals surface area contributed by atoms with E-state index < -0.39 is 0 Å². The minimum absolute atomic E-state index is 0.376. The summed E-state index contributed by atoms with van der Waals surface area (Å²) >= 11 is 1.83. The van der Waals surface area contributed by atoms with Crippen molar-refractivity contribution < 1.29 is 4.52 Å². The first kappa shape index (κ1) is 16.5. The molecule has 0 bridgehead atoms. The van der Waals surface area contributed by atoms with Crippen molar-refractivity contribution in [2.75, 3.05) is 7.05 Å². The Kier molecular flexibility index (Phi) is 6.00. The Labute approximate surface area is 135 Å². The van der Waals surface area contributed by atoms with Crippen LogP contribution < -0.4 is 10.6 Å². The average molecular weight is 320 g/mol. The van der Waals surface area contributed by atoms with E-state index in [2.05, 4.69) is 53.7 Å². The summed E-state index contributed by atoms with van der Waals surface area (Å²) in [6.07, 6.45) is 1.08. The van der Waals surface area contributed by atoms with Crippen LogP contribution in [0.15, 0.2) is 27.7 Å². The molecule has 2 aromatic heterocycles. The van der Waals surface area contributed by atoms with Crippen LogP contribution in [-0.4, -0.2) is 18.2 Å². The van der Waals surface area contributed by atoms with Gasteiger partial charge in [0.1, 0.15) is 0 Å². The number of hydrogen-bond donors (Lipinski definition) is 2. The molecule has 0 unspecified atom stereocenters. The number of thiophene rings is 1. The van der Waals surface area contributed by atoms with Crippen LogP contribution in [0.1, 0.15) is 47.9 Å². The Hall–Kier alpha value is -1.82. The van der Waals surface area contributed by atoms with Crippen LogP contribution in [0.3, 0.4) is 0 Å². The Bertz CT molecular complexity index is 615. The van der Waals surface area contributed by atoms with E-state index in [9.17, 15) is 0 Å². The molecule has 0 aromatic carbocycles. The first-order valence-corrected chi connectivity index (χ1v) is 8.41. The van der Waals surface area contributed by atoms with Crippen LogP contribution in [0, 0.1) is 0 Å². The highest BCUT2D eigenvalue weighted by Gasteiger charge is 2.08. The van der Waals surface area contributed by atoms with Gasteiger partial charge >= 0.3 is 0 Å². The lowest BCUT2D eigenvalue weighted by Crippen LogP contribution is -2.36. The van der Waals surface area contributed by atoms with E-state index in [0.29, 0.717) is 12.5 Å². The van der Waals surface area contributed by atoms with Gasteiger partial charge in [0, 0.05) is 22.9 Å². The standard InChI is InChI=1S/C16H24N4OS/c1-5-13-6-7-14(22-13)10-19-16(17-4)18-9-12-8-15(11(2)3)20-21-12/h6-8,11H,5,9-10H2,1-4H3,(H2,17,18,19). The third kappa shape index (κ3) is 4.59. The van der Waals surface area contributed by atoms with Gasteiger partial charge in [0.15, 0.2) is 11.7 Å². The molecule has 120 valence electrons. The van der Waals surface area contributed by atoms with Gasteiger partial charge in [0.2, 0.25) is 0 Å². The Morgan fingerprint density at radius 3 is 2.59 bits per heavy atom. The van der Waals surface area contributed by atoms with Gasteiger partial charge in [-0.3, -0.25) is 4.99 Å². The topological polar surface area (TPSA) is 62.5 Å². The molecule has 2 N–H and O–H groups in total. The van der Waals surface area contributed by atoms with Gasteiger partial charge in [-0.2, -0.15) is 0 Å². The number of rotatable bonds is 6. The van der Waals surface area contributed by atoms with Crippen molar-refractivity contribution in [3.05, 3.63) is 39.4 Å². The maximum Gasteiger partial charge on any atom is 0.191 e. The predicted molar refractivity (Wildman–Crippen MR) is 91.3 cm³/mol. The first-order chi connectivity index (χ1) is 10.6. The second-order valence-electron chi connectivity index (χ2n) is 5.37. The summed E-state index contributed by atoms with van der Waals surface area (Å²) in [5, 5.41) is 10.6. The van der Waals surface area contributed by atoms with Gasteiger partial charge in [-0.05, 0) is 24.5 Å². The SMILES string of the molecule is CCc1ccc(CNC(=NC)NCc2cc(C(C)C)no2)s1. The van der Waals surface area contributed by atoms with Crippen LogP contribution in [0.2, 0.25) is 0 Å². The van der Waals surface area contributed by atoms with E-state index in [-0.39, 0.29) is 0 Å². The summed E-state index contributed by atoms with van der Waals surface area (Å²) < 4.78 is 5.31. The molecular weight excluding hydrogens is 296 g/mol. The van der Waals surface area contributed by atoms with E-state index in [0.717, 1.165) is 30.4 Å². The number of hydrogen-bond acceptors (Lipinski definition) is 4. The molecule has 0 atom stereocenters. The van der Waals surface area contributed by atoms with Gasteiger partial charge in [-0.25, -0.2) is 0 Å². The molecule has 0 spiro atoms. The fourth-order valence-corrected chi connectivity index (χ4v) is 2.85. The minimum Gasteiger partial charge on any atom is -0.359 e. The molecule has 0 fully saturated rings. The average Bonchev–Trinajstić information content (AvgIpc) is 3.16. The lowest BCUT2D eigenvalue weighted by Gasteiger charge is -2.09. The fourth-order valence-electron chi connectivity index (χ4n) is 1.95. The molecule has 2 rings (SSSR count). The fraction of sp³-hybridized carbons (Fsp3) is 0.500. The Morgan fingerprint density at radius 2 is 2.00 bits per heavy atom. The molecule has 6 heteroatoms. The lowest BCUT2D eigenvalue weighted by atomic mass is 10.1. The molecule has 0 saturated heterocycles. The summed E-state index contributed by atoms with van der Waals surface area (Å²) in [5.41, 5.74) is 0.977. The van der Waals surface area contributed by atoms with Crippen LogP contribution in [0.5, 0.6) is 0 Å². The molecule has 0 aliphatic carbocycles. The Balaban J connectivity index is 1.81. The zero-order valence-corrected chi connectivity index (χ0v) is 14.5. The summed E-state index contributed by atoms with van der Waals surface area (Å²) in [6, 6.07) is 6.33. The van der Waals surface area contributed by atoms with E-state index in [1.165, 1.54) is 9.75 Å². The monoisotopic (exact) mass is 320 g/mol. The van der Waals surface area contributed by atoms with Gasteiger partial charge in [-0.1, -0.05) is 25.9 Å². The van der Waals surface area contributed by atoms with Gasteiger partial charge < -0.3 is 15.2 Å². The van der Waals surface area contributed by atoms with Crippen molar-refractivity contribution in [3.8, 4) is 0 Å². The molecule has 0 saturated carbocycles. The molecule has 2 heterocycles. The number of guanidine groups is 1. The summed E-state index contributed by atoms with van der Waals surface area (Å²) in [7, 11) is 1.77. The van der Waals surface area contributed by atoms with Crippen molar-refractivity contribution >= 4 is 17.3 Å². The molecule has 0 amide bonds. The van der Waals surface area contributed by atoms with Gasteiger partial charge in [0.05, 0.1) is 18.8 Å². The highest BCUT2D eigenvalue weighted by atomic mass is 32.1.